The van der Waals surface area contributed by atoms with Gasteiger partial charge in [-0.15, -0.1) is 11.3 Å². The second-order valence-corrected chi connectivity index (χ2v) is 7.06. The van der Waals surface area contributed by atoms with Crippen LogP contribution in [0.3, 0.4) is 0 Å². The maximum atomic E-state index is 10.9. The molecule has 0 aliphatic carbocycles. The Labute approximate surface area is 115 Å². The van der Waals surface area contributed by atoms with Gasteiger partial charge in [-0.1, -0.05) is 25.5 Å². The molecule has 0 aliphatic rings. The number of hydrogen-bond acceptors (Lipinski definition) is 2. The van der Waals surface area contributed by atoms with Crippen LogP contribution in [0.2, 0.25) is 0 Å². The predicted molar refractivity (Wildman–Crippen MR) is 80.3 cm³/mol. The van der Waals surface area contributed by atoms with E-state index in [2.05, 4.69) is 45.9 Å². The molecular formula is C16H24OS. The molecule has 2 unspecified atom stereocenters. The normalized spacial score (nSPS) is 15.8. The Morgan fingerprint density at radius 1 is 1.44 bits per heavy atom. The summed E-state index contributed by atoms with van der Waals surface area (Å²) in [6.07, 6.45) is 5.28. The molecule has 0 saturated carbocycles. The highest BCUT2D eigenvalue weighted by Crippen LogP contribution is 2.38. The Balaban J connectivity index is 3.00. The van der Waals surface area contributed by atoms with Crippen LogP contribution in [0.5, 0.6) is 0 Å². The van der Waals surface area contributed by atoms with E-state index in [1.54, 1.807) is 0 Å². The van der Waals surface area contributed by atoms with E-state index in [0.717, 1.165) is 19.1 Å². The van der Waals surface area contributed by atoms with Crippen molar-refractivity contribution >= 4 is 17.6 Å². The molecule has 0 saturated heterocycles. The fraction of sp³-hybridized carbons (Fsp3) is 0.562. The number of rotatable bonds is 6. The number of allylic oxidation sites excluding steroid dienone is 2. The van der Waals surface area contributed by atoms with E-state index in [-0.39, 0.29) is 11.3 Å². The monoisotopic (exact) mass is 264 g/mol. The van der Waals surface area contributed by atoms with E-state index < -0.39 is 0 Å². The van der Waals surface area contributed by atoms with Gasteiger partial charge in [-0.2, -0.15) is 0 Å². The van der Waals surface area contributed by atoms with E-state index in [4.69, 9.17) is 0 Å². The van der Waals surface area contributed by atoms with E-state index in [1.807, 2.05) is 18.3 Å². The third-order valence-electron chi connectivity index (χ3n) is 3.30. The summed E-state index contributed by atoms with van der Waals surface area (Å²) >= 11 is 1.85. The maximum absolute atomic E-state index is 10.9. The van der Waals surface area contributed by atoms with Crippen molar-refractivity contribution in [2.24, 2.45) is 5.92 Å². The zero-order valence-electron chi connectivity index (χ0n) is 12.1. The average molecular weight is 264 g/mol. The molecule has 0 aromatic carbocycles. The van der Waals surface area contributed by atoms with Gasteiger partial charge in [-0.25, -0.2) is 0 Å². The van der Waals surface area contributed by atoms with Crippen LogP contribution >= 0.6 is 11.3 Å². The highest BCUT2D eigenvalue weighted by Gasteiger charge is 2.29. The summed E-state index contributed by atoms with van der Waals surface area (Å²) in [5.41, 5.74) is 1.42. The van der Waals surface area contributed by atoms with Crippen molar-refractivity contribution in [1.82, 2.24) is 0 Å². The molecule has 0 fully saturated rings. The number of aldehydes is 1. The Kier molecular flexibility index (Phi) is 5.33. The zero-order valence-corrected chi connectivity index (χ0v) is 12.9. The minimum Gasteiger partial charge on any atom is -0.303 e. The quantitative estimate of drug-likeness (QED) is 0.528. The molecule has 0 bridgehead atoms. The predicted octanol–water partition coefficient (Wildman–Crippen LogP) is 4.90. The summed E-state index contributed by atoms with van der Waals surface area (Å²) in [4.78, 5) is 13.7. The van der Waals surface area contributed by atoms with Gasteiger partial charge in [0.15, 0.2) is 0 Å². The Bertz CT molecular complexity index is 426. The first-order valence-electron chi connectivity index (χ1n) is 6.53. The summed E-state index contributed by atoms with van der Waals surface area (Å²) in [5, 5.41) is 0. The van der Waals surface area contributed by atoms with Crippen molar-refractivity contribution < 1.29 is 4.79 Å². The minimum absolute atomic E-state index is 0.0799. The van der Waals surface area contributed by atoms with E-state index in [0.29, 0.717) is 0 Å². The first kappa shape index (κ1) is 15.2. The molecule has 0 amide bonds. The van der Waals surface area contributed by atoms with Crippen molar-refractivity contribution in [1.29, 1.82) is 0 Å². The van der Waals surface area contributed by atoms with E-state index >= 15 is 0 Å². The van der Waals surface area contributed by atoms with Crippen molar-refractivity contribution in [3.63, 3.8) is 0 Å². The molecule has 1 aromatic heterocycles. The summed E-state index contributed by atoms with van der Waals surface area (Å²) < 4.78 is 0. The van der Waals surface area contributed by atoms with Crippen LogP contribution in [0, 0.1) is 12.8 Å². The molecule has 1 aromatic rings. The Hall–Kier alpha value is -0.890. The largest absolute Gasteiger partial charge is 0.303 e. The molecule has 0 spiro atoms. The second kappa shape index (κ2) is 6.33. The minimum atomic E-state index is 0.0799. The number of thiophene rings is 1. The van der Waals surface area contributed by atoms with Gasteiger partial charge in [-0.3, -0.25) is 0 Å². The lowest BCUT2D eigenvalue weighted by atomic mass is 9.77. The lowest BCUT2D eigenvalue weighted by molar-refractivity contribution is -0.111. The van der Waals surface area contributed by atoms with Crippen molar-refractivity contribution in [2.45, 2.75) is 52.9 Å². The average Bonchev–Trinajstić information content (AvgIpc) is 2.74. The first-order chi connectivity index (χ1) is 8.37. The molecule has 1 heterocycles. The first-order valence-corrected chi connectivity index (χ1v) is 7.34. The van der Waals surface area contributed by atoms with Gasteiger partial charge in [0.1, 0.15) is 6.29 Å². The van der Waals surface area contributed by atoms with Crippen LogP contribution < -0.4 is 0 Å². The van der Waals surface area contributed by atoms with Crippen LogP contribution in [0.4, 0.5) is 0 Å². The lowest BCUT2D eigenvalue weighted by Crippen LogP contribution is -2.23. The molecule has 18 heavy (non-hydrogen) atoms. The zero-order chi connectivity index (χ0) is 13.8. The topological polar surface area (TPSA) is 17.1 Å². The van der Waals surface area contributed by atoms with Gasteiger partial charge in [0.2, 0.25) is 0 Å². The molecule has 2 heteroatoms. The molecule has 0 N–H and O–H groups in total. The number of carbonyl (C=O) groups excluding carboxylic acids is 1. The van der Waals surface area contributed by atoms with Crippen LogP contribution in [-0.4, -0.2) is 6.29 Å². The molecule has 0 radical (unpaired) electrons. The van der Waals surface area contributed by atoms with E-state index in [1.165, 1.54) is 15.3 Å². The third-order valence-corrected chi connectivity index (χ3v) is 4.61. The molecule has 0 aliphatic heterocycles. The fourth-order valence-electron chi connectivity index (χ4n) is 2.23. The summed E-state index contributed by atoms with van der Waals surface area (Å²) in [5.74, 6) is 0.114. The van der Waals surface area contributed by atoms with Crippen LogP contribution in [0.1, 0.15) is 50.3 Å². The molecule has 1 rings (SSSR count). The SMILES string of the molecule is CC(C)=CCC(C)(CC(C)C=O)c1ccc(C)s1. The Morgan fingerprint density at radius 3 is 2.56 bits per heavy atom. The molecule has 1 nitrogen and oxygen atoms in total. The van der Waals surface area contributed by atoms with Gasteiger partial charge in [0.05, 0.1) is 0 Å². The second-order valence-electron chi connectivity index (χ2n) is 5.77. The smallest absolute Gasteiger partial charge is 0.122 e. The van der Waals surface area contributed by atoms with Gasteiger partial charge < -0.3 is 4.79 Å². The van der Waals surface area contributed by atoms with Gasteiger partial charge in [0, 0.05) is 21.1 Å². The van der Waals surface area contributed by atoms with Gasteiger partial charge >= 0.3 is 0 Å². The van der Waals surface area contributed by atoms with Crippen molar-refractivity contribution in [2.75, 3.05) is 0 Å². The highest BCUT2D eigenvalue weighted by atomic mass is 32.1. The van der Waals surface area contributed by atoms with Gasteiger partial charge in [-0.05, 0) is 45.7 Å². The van der Waals surface area contributed by atoms with Crippen molar-refractivity contribution in [3.8, 4) is 0 Å². The summed E-state index contributed by atoms with van der Waals surface area (Å²) in [7, 11) is 0. The number of aryl methyl sites for hydroxylation is 1. The standard InChI is InChI=1S/C16H24OS/c1-12(2)8-9-16(5,10-13(3)11-17)15-7-6-14(4)18-15/h6-8,11,13H,9-10H2,1-5H3. The lowest BCUT2D eigenvalue weighted by Gasteiger charge is -2.29. The highest BCUT2D eigenvalue weighted by molar-refractivity contribution is 7.12. The van der Waals surface area contributed by atoms with Crippen molar-refractivity contribution in [3.05, 3.63) is 33.5 Å². The third kappa shape index (κ3) is 4.09. The number of hydrogen-bond donors (Lipinski definition) is 0. The maximum Gasteiger partial charge on any atom is 0.122 e. The van der Waals surface area contributed by atoms with Gasteiger partial charge in [0.25, 0.3) is 0 Å². The summed E-state index contributed by atoms with van der Waals surface area (Å²) in [6.45, 7) is 10.7. The Morgan fingerprint density at radius 2 is 2.11 bits per heavy atom. The molecule has 100 valence electrons. The van der Waals surface area contributed by atoms with E-state index in [9.17, 15) is 4.79 Å². The number of carbonyl (C=O) groups is 1. The van der Waals surface area contributed by atoms with Crippen LogP contribution in [0.15, 0.2) is 23.8 Å². The van der Waals surface area contributed by atoms with Crippen LogP contribution in [-0.2, 0) is 10.2 Å². The summed E-state index contributed by atoms with van der Waals surface area (Å²) in [6, 6.07) is 4.39. The fourth-order valence-corrected chi connectivity index (χ4v) is 3.26. The molecular weight excluding hydrogens is 240 g/mol. The molecule has 2 atom stereocenters. The van der Waals surface area contributed by atoms with Crippen LogP contribution in [0.25, 0.3) is 0 Å².